The standard InChI is InChI=1S/C16H16Br2N2O/c17-12-8-4-3-7-11(12)9-13-19-15(10-5-1-2-6-10)14(18)16(21)20-13/h3-4,7-8,10H,1-2,5-6,9H2,(H,19,20,21). The minimum absolute atomic E-state index is 0.0750. The van der Waals surface area contributed by atoms with Crippen LogP contribution in [0.1, 0.15) is 48.7 Å². The molecule has 3 nitrogen and oxygen atoms in total. The van der Waals surface area contributed by atoms with Gasteiger partial charge in [-0.25, -0.2) is 4.98 Å². The van der Waals surface area contributed by atoms with E-state index >= 15 is 0 Å². The maximum absolute atomic E-state index is 12.1. The number of H-pyrrole nitrogens is 1. The molecule has 1 N–H and O–H groups in total. The Bertz CT molecular complexity index is 706. The van der Waals surface area contributed by atoms with Crippen molar-refractivity contribution in [2.75, 3.05) is 0 Å². The van der Waals surface area contributed by atoms with Crippen molar-refractivity contribution in [2.45, 2.75) is 38.0 Å². The smallest absolute Gasteiger partial charge is 0.265 e. The van der Waals surface area contributed by atoms with Crippen LogP contribution in [0.4, 0.5) is 0 Å². The highest BCUT2D eigenvalue weighted by Gasteiger charge is 2.23. The molecule has 5 heteroatoms. The Morgan fingerprint density at radius 3 is 2.62 bits per heavy atom. The average molecular weight is 412 g/mol. The van der Waals surface area contributed by atoms with Crippen molar-refractivity contribution >= 4 is 31.9 Å². The van der Waals surface area contributed by atoms with Gasteiger partial charge in [-0.15, -0.1) is 0 Å². The van der Waals surface area contributed by atoms with Gasteiger partial charge in [-0.1, -0.05) is 47.0 Å². The van der Waals surface area contributed by atoms with Gasteiger partial charge in [0.2, 0.25) is 0 Å². The summed E-state index contributed by atoms with van der Waals surface area (Å²) in [5, 5.41) is 0. The van der Waals surface area contributed by atoms with Crippen molar-refractivity contribution in [3.63, 3.8) is 0 Å². The van der Waals surface area contributed by atoms with Gasteiger partial charge in [0, 0.05) is 16.8 Å². The molecule has 110 valence electrons. The molecule has 3 rings (SSSR count). The molecule has 1 aromatic heterocycles. The Hall–Kier alpha value is -0.940. The van der Waals surface area contributed by atoms with Gasteiger partial charge in [-0.05, 0) is 40.4 Å². The van der Waals surface area contributed by atoms with Crippen LogP contribution in [-0.2, 0) is 6.42 Å². The number of rotatable bonds is 3. The Labute approximate surface area is 140 Å². The van der Waals surface area contributed by atoms with Crippen molar-refractivity contribution in [1.29, 1.82) is 0 Å². The first-order chi connectivity index (χ1) is 10.1. The fourth-order valence-electron chi connectivity index (χ4n) is 2.90. The summed E-state index contributed by atoms with van der Waals surface area (Å²) in [4.78, 5) is 19.7. The fourth-order valence-corrected chi connectivity index (χ4v) is 3.84. The topological polar surface area (TPSA) is 45.8 Å². The molecular weight excluding hydrogens is 396 g/mol. The van der Waals surface area contributed by atoms with E-state index in [0.717, 1.165) is 34.4 Å². The highest BCUT2D eigenvalue weighted by Crippen LogP contribution is 2.35. The highest BCUT2D eigenvalue weighted by atomic mass is 79.9. The van der Waals surface area contributed by atoms with E-state index in [1.165, 1.54) is 12.8 Å². The van der Waals surface area contributed by atoms with Gasteiger partial charge in [0.05, 0.1) is 5.69 Å². The largest absolute Gasteiger partial charge is 0.309 e. The van der Waals surface area contributed by atoms with E-state index in [2.05, 4.69) is 36.8 Å². The molecule has 1 fully saturated rings. The molecule has 2 aromatic rings. The Kier molecular flexibility index (Phi) is 4.60. The van der Waals surface area contributed by atoms with Gasteiger partial charge >= 0.3 is 0 Å². The lowest BCUT2D eigenvalue weighted by Crippen LogP contribution is -2.17. The number of hydrogen-bond acceptors (Lipinski definition) is 2. The molecule has 0 saturated heterocycles. The maximum atomic E-state index is 12.1. The van der Waals surface area contributed by atoms with Crippen LogP contribution < -0.4 is 5.56 Å². The zero-order valence-corrected chi connectivity index (χ0v) is 14.7. The molecule has 0 aliphatic heterocycles. The quantitative estimate of drug-likeness (QED) is 0.805. The summed E-state index contributed by atoms with van der Waals surface area (Å²) in [5.74, 6) is 1.15. The van der Waals surface area contributed by atoms with Gasteiger partial charge < -0.3 is 4.98 Å². The number of hydrogen-bond donors (Lipinski definition) is 1. The summed E-state index contributed by atoms with van der Waals surface area (Å²) >= 11 is 6.95. The first kappa shape index (κ1) is 15.0. The van der Waals surface area contributed by atoms with E-state index in [9.17, 15) is 4.79 Å². The molecule has 21 heavy (non-hydrogen) atoms. The first-order valence-corrected chi connectivity index (χ1v) is 8.75. The van der Waals surface area contributed by atoms with E-state index in [1.807, 2.05) is 24.3 Å². The molecule has 1 aliphatic carbocycles. The third kappa shape index (κ3) is 3.29. The van der Waals surface area contributed by atoms with Crippen LogP contribution in [0.15, 0.2) is 38.0 Å². The Morgan fingerprint density at radius 1 is 1.19 bits per heavy atom. The van der Waals surface area contributed by atoms with Crippen LogP contribution in [0.2, 0.25) is 0 Å². The lowest BCUT2D eigenvalue weighted by Gasteiger charge is -2.12. The van der Waals surface area contributed by atoms with E-state index in [1.54, 1.807) is 0 Å². The molecule has 1 aliphatic rings. The summed E-state index contributed by atoms with van der Waals surface area (Å²) in [5.41, 5.74) is 1.98. The second kappa shape index (κ2) is 6.44. The molecule has 1 heterocycles. The Morgan fingerprint density at radius 2 is 1.90 bits per heavy atom. The number of nitrogens with zero attached hydrogens (tertiary/aromatic N) is 1. The molecular formula is C16H16Br2N2O. The summed E-state index contributed by atoms with van der Waals surface area (Å²) in [7, 11) is 0. The van der Waals surface area contributed by atoms with Crippen molar-refractivity contribution in [3.8, 4) is 0 Å². The third-order valence-corrected chi connectivity index (χ3v) is 5.54. The van der Waals surface area contributed by atoms with Crippen molar-refractivity contribution < 1.29 is 0 Å². The van der Waals surface area contributed by atoms with E-state index in [-0.39, 0.29) is 5.56 Å². The number of nitrogens with one attached hydrogen (secondary N) is 1. The van der Waals surface area contributed by atoms with Crippen LogP contribution in [-0.4, -0.2) is 9.97 Å². The first-order valence-electron chi connectivity index (χ1n) is 7.17. The summed E-state index contributed by atoms with van der Waals surface area (Å²) in [6.45, 7) is 0. The number of benzene rings is 1. The predicted molar refractivity (Wildman–Crippen MR) is 90.7 cm³/mol. The lowest BCUT2D eigenvalue weighted by molar-refractivity contribution is 0.677. The van der Waals surface area contributed by atoms with Crippen LogP contribution in [0.25, 0.3) is 0 Å². The third-order valence-electron chi connectivity index (χ3n) is 4.00. The van der Waals surface area contributed by atoms with Gasteiger partial charge in [-0.3, -0.25) is 4.79 Å². The average Bonchev–Trinajstić information content (AvgIpc) is 2.99. The normalized spacial score (nSPS) is 15.5. The number of halogens is 2. The lowest BCUT2D eigenvalue weighted by atomic mass is 10.0. The maximum Gasteiger partial charge on any atom is 0.265 e. The fraction of sp³-hybridized carbons (Fsp3) is 0.375. The van der Waals surface area contributed by atoms with Gasteiger partial charge in [0.25, 0.3) is 5.56 Å². The summed E-state index contributed by atoms with van der Waals surface area (Å²) in [6.07, 6.45) is 5.34. The molecule has 1 aromatic carbocycles. The molecule has 0 amide bonds. The van der Waals surface area contributed by atoms with Crippen LogP contribution in [0.5, 0.6) is 0 Å². The van der Waals surface area contributed by atoms with Gasteiger partial charge in [0.1, 0.15) is 10.3 Å². The van der Waals surface area contributed by atoms with Crippen LogP contribution >= 0.6 is 31.9 Å². The van der Waals surface area contributed by atoms with Crippen LogP contribution in [0, 0.1) is 0 Å². The number of aromatic amines is 1. The Balaban J connectivity index is 1.96. The summed E-state index contributed by atoms with van der Waals surface area (Å²) in [6, 6.07) is 8.02. The van der Waals surface area contributed by atoms with Crippen molar-refractivity contribution in [2.24, 2.45) is 0 Å². The zero-order valence-electron chi connectivity index (χ0n) is 11.5. The van der Waals surface area contributed by atoms with Crippen molar-refractivity contribution in [1.82, 2.24) is 9.97 Å². The zero-order chi connectivity index (χ0) is 14.8. The minimum Gasteiger partial charge on any atom is -0.309 e. The molecule has 0 bridgehead atoms. The second-order valence-electron chi connectivity index (χ2n) is 5.46. The SMILES string of the molecule is O=c1[nH]c(Cc2ccccc2Br)nc(C2CCCC2)c1Br. The predicted octanol–water partition coefficient (Wildman–Crippen LogP) is 4.54. The second-order valence-corrected chi connectivity index (χ2v) is 7.11. The summed E-state index contributed by atoms with van der Waals surface area (Å²) < 4.78 is 1.64. The van der Waals surface area contributed by atoms with Crippen LogP contribution in [0.3, 0.4) is 0 Å². The van der Waals surface area contributed by atoms with E-state index < -0.39 is 0 Å². The van der Waals surface area contributed by atoms with Gasteiger partial charge in [-0.2, -0.15) is 0 Å². The monoisotopic (exact) mass is 410 g/mol. The van der Waals surface area contributed by atoms with E-state index in [0.29, 0.717) is 16.8 Å². The molecule has 0 atom stereocenters. The molecule has 0 spiro atoms. The van der Waals surface area contributed by atoms with Gasteiger partial charge in [0.15, 0.2) is 0 Å². The van der Waals surface area contributed by atoms with Crippen molar-refractivity contribution in [3.05, 3.63) is 60.6 Å². The number of aromatic nitrogens is 2. The molecule has 1 saturated carbocycles. The highest BCUT2D eigenvalue weighted by molar-refractivity contribution is 9.10. The minimum atomic E-state index is -0.0750. The van der Waals surface area contributed by atoms with E-state index in [4.69, 9.17) is 4.98 Å². The molecule has 0 unspecified atom stereocenters. The molecule has 0 radical (unpaired) electrons.